The summed E-state index contributed by atoms with van der Waals surface area (Å²) in [4.78, 5) is 0. The highest BCUT2D eigenvalue weighted by molar-refractivity contribution is 5.44. The van der Waals surface area contributed by atoms with Gasteiger partial charge in [-0.1, -0.05) is 6.07 Å². The minimum atomic E-state index is -1.61. The zero-order valence-corrected chi connectivity index (χ0v) is 8.28. The van der Waals surface area contributed by atoms with Crippen molar-refractivity contribution in [2.75, 3.05) is 13.8 Å². The van der Waals surface area contributed by atoms with E-state index >= 15 is 0 Å². The first-order chi connectivity index (χ1) is 7.93. The number of nitrogens with one attached hydrogen (secondary N) is 1. The van der Waals surface area contributed by atoms with Gasteiger partial charge in [-0.05, 0) is 38.0 Å². The summed E-state index contributed by atoms with van der Waals surface area (Å²) >= 11 is 0. The lowest BCUT2D eigenvalue weighted by Gasteiger charge is -2.09. The number of hydrogen-bond acceptors (Lipinski definition) is 3. The lowest BCUT2D eigenvalue weighted by Crippen LogP contribution is -2.23. The van der Waals surface area contributed by atoms with Crippen molar-refractivity contribution in [3.05, 3.63) is 23.8 Å². The lowest BCUT2D eigenvalue weighted by atomic mass is 10.1. The Morgan fingerprint density at radius 1 is 1.57 bits per heavy atom. The molecule has 0 aromatic heterocycles. The van der Waals surface area contributed by atoms with Gasteiger partial charge >= 0.3 is 0 Å². The summed E-state index contributed by atoms with van der Waals surface area (Å²) in [6, 6.07) is 4.46. The second-order valence-corrected chi connectivity index (χ2v) is 3.15. The van der Waals surface area contributed by atoms with Gasteiger partial charge < -0.3 is 14.8 Å². The smallest absolute Gasteiger partial charge is 0.231 e. The molecular weight excluding hydrogens is 178 g/mol. The molecule has 0 bridgehead atoms. The summed E-state index contributed by atoms with van der Waals surface area (Å²) in [5, 5.41) is 1.12. The summed E-state index contributed by atoms with van der Waals surface area (Å²) in [5.74, 6) is 1.20. The molecule has 3 heteroatoms. The first-order valence-electron chi connectivity index (χ1n) is 5.99. The maximum absolute atomic E-state index is 8.07. The van der Waals surface area contributed by atoms with Gasteiger partial charge in [-0.2, -0.15) is 0 Å². The Labute approximate surface area is 88.3 Å². The maximum atomic E-state index is 8.07. The zero-order valence-electron chi connectivity index (χ0n) is 11.3. The first-order valence-corrected chi connectivity index (χ1v) is 4.55. The standard InChI is InChI=1S/C11H15NO2/c1-8(12-2)5-9-3-4-10-11(6-9)14-7-13-10/h3-4,6,8,12H,5,7H2,1-2H3/i5D2/hD. The Hall–Kier alpha value is -1.22. The zero-order chi connectivity index (χ0) is 12.6. The number of hydrogen-bond donors (Lipinski definition) is 1. The maximum Gasteiger partial charge on any atom is 0.231 e. The Morgan fingerprint density at radius 3 is 3.14 bits per heavy atom. The highest BCUT2D eigenvalue weighted by Crippen LogP contribution is 2.32. The van der Waals surface area contributed by atoms with Gasteiger partial charge in [0.15, 0.2) is 11.5 Å². The molecule has 1 aromatic rings. The third-order valence-corrected chi connectivity index (χ3v) is 2.14. The van der Waals surface area contributed by atoms with Crippen LogP contribution in [-0.2, 0) is 6.37 Å². The lowest BCUT2D eigenvalue weighted by molar-refractivity contribution is 0.174. The molecule has 0 saturated carbocycles. The van der Waals surface area contributed by atoms with E-state index < -0.39 is 12.4 Å². The largest absolute Gasteiger partial charge is 0.454 e. The van der Waals surface area contributed by atoms with Crippen molar-refractivity contribution in [1.82, 2.24) is 5.31 Å². The molecule has 0 fully saturated rings. The number of likely N-dealkylation sites (N-methyl/N-ethyl adjacent to an activating group) is 1. The molecule has 1 aromatic carbocycles. The third kappa shape index (κ3) is 1.82. The molecule has 0 aliphatic carbocycles. The van der Waals surface area contributed by atoms with E-state index in [1.807, 2.05) is 0 Å². The van der Waals surface area contributed by atoms with Crippen LogP contribution in [0.15, 0.2) is 18.2 Å². The van der Waals surface area contributed by atoms with Crippen molar-refractivity contribution in [3.8, 4) is 11.5 Å². The Kier molecular flexibility index (Phi) is 1.75. The van der Waals surface area contributed by atoms with Gasteiger partial charge in [0.2, 0.25) is 6.79 Å². The number of fused-ring (bicyclic) bond motifs is 1. The molecular formula is C11H15NO2. The van der Waals surface area contributed by atoms with Gasteiger partial charge in [-0.3, -0.25) is 0 Å². The molecule has 0 radical (unpaired) electrons. The van der Waals surface area contributed by atoms with E-state index in [0.29, 0.717) is 17.1 Å². The van der Waals surface area contributed by atoms with Gasteiger partial charge in [0.25, 0.3) is 0 Å². The molecule has 1 unspecified atom stereocenters. The summed E-state index contributed by atoms with van der Waals surface area (Å²) in [7, 11) is 1.54. The van der Waals surface area contributed by atoms with Crippen LogP contribution in [0, 0.1) is 0 Å². The minimum absolute atomic E-state index is 0.176. The fraction of sp³-hybridized carbons (Fsp3) is 0.455. The van der Waals surface area contributed by atoms with Crippen LogP contribution in [-0.4, -0.2) is 19.9 Å². The van der Waals surface area contributed by atoms with Crippen molar-refractivity contribution in [3.63, 3.8) is 0 Å². The predicted molar refractivity (Wildman–Crippen MR) is 54.8 cm³/mol. The molecule has 1 heterocycles. The summed E-state index contributed by atoms with van der Waals surface area (Å²) in [6.07, 6.45) is -1.61. The van der Waals surface area contributed by atoms with Gasteiger partial charge in [0, 0.05) is 8.78 Å². The molecule has 1 atom stereocenters. The van der Waals surface area contributed by atoms with Crippen molar-refractivity contribution in [2.45, 2.75) is 19.3 Å². The van der Waals surface area contributed by atoms with Crippen molar-refractivity contribution < 1.29 is 13.6 Å². The molecule has 0 saturated heterocycles. The minimum Gasteiger partial charge on any atom is -0.454 e. The topological polar surface area (TPSA) is 30.5 Å². The molecule has 1 N–H and O–H groups in total. The van der Waals surface area contributed by atoms with Crippen LogP contribution < -0.4 is 14.8 Å². The van der Waals surface area contributed by atoms with E-state index in [1.54, 1.807) is 25.1 Å². The van der Waals surface area contributed by atoms with E-state index in [2.05, 4.69) is 0 Å². The number of benzene rings is 1. The van der Waals surface area contributed by atoms with Crippen LogP contribution in [0.25, 0.3) is 0 Å². The highest BCUT2D eigenvalue weighted by atomic mass is 16.7. The van der Waals surface area contributed by atoms with E-state index in [9.17, 15) is 0 Å². The molecule has 76 valence electrons. The van der Waals surface area contributed by atoms with Crippen molar-refractivity contribution >= 4 is 0 Å². The van der Waals surface area contributed by atoms with Gasteiger partial charge in [-0.15, -0.1) is 0 Å². The van der Waals surface area contributed by atoms with Gasteiger partial charge in [0.05, 0.1) is 0 Å². The summed E-state index contributed by atoms with van der Waals surface area (Å²) in [5.41, 5.74) is 0.494. The monoisotopic (exact) mass is 196 g/mol. The van der Waals surface area contributed by atoms with Gasteiger partial charge in [0.1, 0.15) is 1.41 Å². The van der Waals surface area contributed by atoms with Crippen LogP contribution in [0.5, 0.6) is 11.5 Å². The second kappa shape index (κ2) is 3.88. The molecule has 14 heavy (non-hydrogen) atoms. The number of ether oxygens (including phenoxy) is 2. The average molecular weight is 196 g/mol. The van der Waals surface area contributed by atoms with Gasteiger partial charge in [-0.25, -0.2) is 0 Å². The third-order valence-electron chi connectivity index (χ3n) is 2.14. The van der Waals surface area contributed by atoms with E-state index in [0.717, 1.165) is 5.31 Å². The average Bonchev–Trinajstić information content (AvgIpc) is 2.74. The quantitative estimate of drug-likeness (QED) is 0.796. The molecule has 3 nitrogen and oxygen atoms in total. The fourth-order valence-corrected chi connectivity index (χ4v) is 1.29. The van der Waals surface area contributed by atoms with Crippen LogP contribution in [0.4, 0.5) is 0 Å². The van der Waals surface area contributed by atoms with Crippen LogP contribution in [0.1, 0.15) is 15.2 Å². The van der Waals surface area contributed by atoms with Crippen LogP contribution in [0.2, 0.25) is 1.41 Å². The molecule has 1 aliphatic heterocycles. The second-order valence-electron chi connectivity index (χ2n) is 3.15. The van der Waals surface area contributed by atoms with E-state index in [4.69, 9.17) is 13.6 Å². The van der Waals surface area contributed by atoms with Crippen LogP contribution >= 0.6 is 0 Å². The molecule has 0 spiro atoms. The first kappa shape index (κ1) is 6.30. The van der Waals surface area contributed by atoms with Crippen molar-refractivity contribution in [2.24, 2.45) is 0 Å². The predicted octanol–water partition coefficient (Wildman–Crippen LogP) is 1.57. The number of rotatable bonds is 3. The van der Waals surface area contributed by atoms with E-state index in [-0.39, 0.29) is 6.79 Å². The van der Waals surface area contributed by atoms with Crippen molar-refractivity contribution in [1.29, 1.82) is 0 Å². The fourth-order valence-electron chi connectivity index (χ4n) is 1.29. The normalized spacial score (nSPS) is 20.1. The van der Waals surface area contributed by atoms with E-state index in [1.165, 1.54) is 7.05 Å². The Balaban J connectivity index is 2.33. The Bertz CT molecular complexity index is 423. The SMILES string of the molecule is [2H]N(C)C(C)C([2H])([2H])c1ccc2c(c1)OCO2. The molecule has 1 aliphatic rings. The highest BCUT2D eigenvalue weighted by Gasteiger charge is 2.13. The Morgan fingerprint density at radius 2 is 2.36 bits per heavy atom. The summed E-state index contributed by atoms with van der Waals surface area (Å²) < 4.78 is 34.0. The molecule has 0 amide bonds. The molecule has 2 rings (SSSR count). The van der Waals surface area contributed by atoms with Crippen LogP contribution in [0.3, 0.4) is 0 Å². The summed E-state index contributed by atoms with van der Waals surface area (Å²) in [6.45, 7) is 1.85.